The summed E-state index contributed by atoms with van der Waals surface area (Å²) in [6.45, 7) is 5.89. The Morgan fingerprint density at radius 1 is 1.15 bits per heavy atom. The van der Waals surface area contributed by atoms with Crippen LogP contribution in [-0.2, 0) is 24.4 Å². The summed E-state index contributed by atoms with van der Waals surface area (Å²) in [5.74, 6) is -0.658. The number of benzene rings is 1. The summed E-state index contributed by atoms with van der Waals surface area (Å²) in [6, 6.07) is 4.43. The molecule has 52 heavy (non-hydrogen) atoms. The second kappa shape index (κ2) is 13.9. The fourth-order valence-electron chi connectivity index (χ4n) is 7.01. The lowest BCUT2D eigenvalue weighted by atomic mass is 10.1. The van der Waals surface area contributed by atoms with Crippen molar-refractivity contribution in [1.82, 2.24) is 24.9 Å². The van der Waals surface area contributed by atoms with Crippen molar-refractivity contribution in [3.8, 4) is 22.2 Å². The molecule has 4 heterocycles. The Labute approximate surface area is 312 Å². The van der Waals surface area contributed by atoms with Crippen molar-refractivity contribution in [3.05, 3.63) is 46.4 Å². The zero-order chi connectivity index (χ0) is 37.0. The highest BCUT2D eigenvalue weighted by molar-refractivity contribution is 7.91. The molecule has 2 saturated carbocycles. The highest BCUT2D eigenvalue weighted by Gasteiger charge is 2.63. The van der Waals surface area contributed by atoms with Gasteiger partial charge in [-0.25, -0.2) is 18.4 Å². The standard InChI is InChI=1S/C37H44ClN5O7S2/c1-21(2)26-20-51-34(40-26)25-17-29(24-12-13-28(49-4)31(38)32(24)39-25)50-23-16-27-33(45)41-37(35(46)42-52(47,48)36(3)14-15-36)18-22(37)10-8-6-5-7-9-11-30(44)43(27)19-23/h8,10,12-13,17,20-23,27H,5-7,9,11,14-16,18-19H2,1-4H3,(H,41,45)(H,42,46)/b10-8-/t22-,23-,27+,37-/m1/s1. The van der Waals surface area contributed by atoms with Crippen molar-refractivity contribution < 1.29 is 32.3 Å². The number of pyridine rings is 1. The van der Waals surface area contributed by atoms with E-state index in [4.69, 9.17) is 31.0 Å². The fourth-order valence-corrected chi connectivity index (χ4v) is 9.55. The summed E-state index contributed by atoms with van der Waals surface area (Å²) in [7, 11) is -2.40. The Bertz CT molecular complexity index is 2060. The van der Waals surface area contributed by atoms with Crippen LogP contribution in [0.5, 0.6) is 11.5 Å². The molecular weight excluding hydrogens is 726 g/mol. The number of nitrogens with one attached hydrogen (secondary N) is 2. The lowest BCUT2D eigenvalue weighted by Gasteiger charge is -2.27. The normalized spacial score (nSPS) is 26.6. The molecule has 2 aliphatic heterocycles. The van der Waals surface area contributed by atoms with Gasteiger partial charge in [-0.1, -0.05) is 44.0 Å². The number of halogens is 1. The molecule has 2 N–H and O–H groups in total. The first-order valence-electron chi connectivity index (χ1n) is 17.9. The molecule has 3 fully saturated rings. The predicted octanol–water partition coefficient (Wildman–Crippen LogP) is 5.89. The molecule has 0 bridgehead atoms. The molecule has 2 aromatic heterocycles. The summed E-state index contributed by atoms with van der Waals surface area (Å²) in [6.07, 6.45) is 8.05. The third-order valence-corrected chi connectivity index (χ3v) is 14.2. The van der Waals surface area contributed by atoms with Crippen molar-refractivity contribution in [2.75, 3.05) is 13.7 Å². The van der Waals surface area contributed by atoms with Gasteiger partial charge < -0.3 is 19.7 Å². The van der Waals surface area contributed by atoms with Crippen LogP contribution in [0.15, 0.2) is 35.7 Å². The highest BCUT2D eigenvalue weighted by atomic mass is 35.5. The van der Waals surface area contributed by atoms with Gasteiger partial charge in [-0.05, 0) is 63.5 Å². The van der Waals surface area contributed by atoms with Crippen molar-refractivity contribution in [3.63, 3.8) is 0 Å². The van der Waals surface area contributed by atoms with Crippen LogP contribution in [0, 0.1) is 5.92 Å². The number of ether oxygens (including phenoxy) is 2. The van der Waals surface area contributed by atoms with Gasteiger partial charge in [0.25, 0.3) is 5.91 Å². The first kappa shape index (κ1) is 36.6. The minimum absolute atomic E-state index is 0.143. The number of thiazole rings is 1. The number of fused-ring (bicyclic) bond motifs is 3. The molecule has 3 aromatic rings. The van der Waals surface area contributed by atoms with Gasteiger partial charge in [0.1, 0.15) is 44.9 Å². The van der Waals surface area contributed by atoms with E-state index in [1.807, 2.05) is 29.7 Å². The molecule has 15 heteroatoms. The van der Waals surface area contributed by atoms with E-state index in [0.717, 1.165) is 25.0 Å². The number of sulfonamides is 1. The molecular formula is C37H44ClN5O7S2. The third kappa shape index (κ3) is 6.89. The van der Waals surface area contributed by atoms with Gasteiger partial charge in [0.15, 0.2) is 0 Å². The molecule has 4 atom stereocenters. The van der Waals surface area contributed by atoms with Crippen molar-refractivity contribution in [1.29, 1.82) is 0 Å². The van der Waals surface area contributed by atoms with Crippen LogP contribution in [0.4, 0.5) is 0 Å². The van der Waals surface area contributed by atoms with E-state index >= 15 is 0 Å². The molecule has 7 rings (SSSR count). The van der Waals surface area contributed by atoms with E-state index in [0.29, 0.717) is 57.4 Å². The maximum absolute atomic E-state index is 14.2. The molecule has 278 valence electrons. The average molecular weight is 770 g/mol. The predicted molar refractivity (Wildman–Crippen MR) is 199 cm³/mol. The number of rotatable bonds is 8. The molecule has 0 spiro atoms. The summed E-state index contributed by atoms with van der Waals surface area (Å²) in [5, 5.41) is 6.57. The van der Waals surface area contributed by atoms with Crippen LogP contribution in [0.25, 0.3) is 21.6 Å². The van der Waals surface area contributed by atoms with E-state index < -0.39 is 44.3 Å². The third-order valence-electron chi connectivity index (χ3n) is 10.8. The lowest BCUT2D eigenvalue weighted by Crippen LogP contribution is -2.57. The number of methoxy groups -OCH3 is 1. The van der Waals surface area contributed by atoms with Gasteiger partial charge in [0.05, 0.1) is 29.6 Å². The Morgan fingerprint density at radius 2 is 1.94 bits per heavy atom. The molecule has 12 nitrogen and oxygen atoms in total. The lowest BCUT2D eigenvalue weighted by molar-refractivity contribution is -0.139. The van der Waals surface area contributed by atoms with Gasteiger partial charge in [0, 0.05) is 35.6 Å². The Balaban J connectivity index is 1.19. The second-order valence-electron chi connectivity index (χ2n) is 14.9. The number of nitrogens with zero attached hydrogens (tertiary/aromatic N) is 3. The Morgan fingerprint density at radius 3 is 2.65 bits per heavy atom. The first-order valence-corrected chi connectivity index (χ1v) is 20.6. The van der Waals surface area contributed by atoms with Gasteiger partial charge in [0.2, 0.25) is 21.8 Å². The van der Waals surface area contributed by atoms with Crippen LogP contribution in [0.1, 0.15) is 90.2 Å². The number of allylic oxidation sites excluding steroid dienone is 1. The van der Waals surface area contributed by atoms with Crippen molar-refractivity contribution >= 4 is 61.6 Å². The Hall–Kier alpha value is -3.75. The zero-order valence-electron chi connectivity index (χ0n) is 29.7. The molecule has 0 unspecified atom stereocenters. The van der Waals surface area contributed by atoms with Gasteiger partial charge >= 0.3 is 0 Å². The molecule has 1 aromatic carbocycles. The van der Waals surface area contributed by atoms with Crippen molar-refractivity contribution in [2.45, 2.75) is 107 Å². The largest absolute Gasteiger partial charge is 0.495 e. The van der Waals surface area contributed by atoms with Crippen LogP contribution in [0.2, 0.25) is 5.02 Å². The van der Waals surface area contributed by atoms with Gasteiger partial charge in [-0.15, -0.1) is 11.3 Å². The van der Waals surface area contributed by atoms with Gasteiger partial charge in [-0.2, -0.15) is 0 Å². The van der Waals surface area contributed by atoms with E-state index in [2.05, 4.69) is 23.9 Å². The second-order valence-corrected chi connectivity index (χ2v) is 18.4. The van der Waals surface area contributed by atoms with Crippen molar-refractivity contribution in [2.24, 2.45) is 5.92 Å². The molecule has 2 aliphatic carbocycles. The number of carbonyl (C=O) groups excluding carboxylic acids is 3. The van der Waals surface area contributed by atoms with E-state index in [1.54, 1.807) is 17.9 Å². The zero-order valence-corrected chi connectivity index (χ0v) is 32.1. The average Bonchev–Trinajstić information content (AvgIpc) is 3.87. The molecule has 3 amide bonds. The topological polar surface area (TPSA) is 157 Å². The summed E-state index contributed by atoms with van der Waals surface area (Å²) >= 11 is 8.25. The number of aromatic nitrogens is 2. The molecule has 1 saturated heterocycles. The molecule has 4 aliphatic rings. The smallest absolute Gasteiger partial charge is 0.259 e. The number of hydrogen-bond acceptors (Lipinski definition) is 10. The summed E-state index contributed by atoms with van der Waals surface area (Å²) < 4.78 is 39.5. The maximum Gasteiger partial charge on any atom is 0.259 e. The first-order chi connectivity index (χ1) is 24.7. The van der Waals surface area contributed by atoms with Crippen LogP contribution in [0.3, 0.4) is 0 Å². The fraction of sp³-hybridized carbons (Fsp3) is 0.541. The molecule has 0 radical (unpaired) electrons. The Kier molecular flexibility index (Phi) is 9.79. The maximum atomic E-state index is 14.2. The van der Waals surface area contributed by atoms with Crippen LogP contribution >= 0.6 is 22.9 Å². The number of amides is 3. The van der Waals surface area contributed by atoms with E-state index in [1.165, 1.54) is 18.4 Å². The SMILES string of the molecule is COc1ccc2c(O[C@@H]3C[C@H]4C(=O)N[C@]5(C(=O)NS(=O)(=O)C6(C)CC6)C[C@H]5/C=C\CCCCCC(=O)N4C3)cc(-c3nc(C(C)C)cs3)nc2c1Cl. The van der Waals surface area contributed by atoms with Gasteiger partial charge in [-0.3, -0.25) is 19.1 Å². The quantitative estimate of drug-likeness (QED) is 0.267. The van der Waals surface area contributed by atoms with E-state index in [9.17, 15) is 22.8 Å². The minimum atomic E-state index is -3.93. The van der Waals surface area contributed by atoms with E-state index in [-0.39, 0.29) is 43.6 Å². The number of carbonyl (C=O) groups is 3. The van der Waals surface area contributed by atoms with Crippen LogP contribution in [-0.4, -0.2) is 77.1 Å². The highest BCUT2D eigenvalue weighted by Crippen LogP contribution is 2.48. The minimum Gasteiger partial charge on any atom is -0.495 e. The summed E-state index contributed by atoms with van der Waals surface area (Å²) in [5.41, 5.74) is 0.542. The number of hydrogen-bond donors (Lipinski definition) is 2. The monoisotopic (exact) mass is 769 g/mol. The summed E-state index contributed by atoms with van der Waals surface area (Å²) in [4.78, 5) is 52.8. The van der Waals surface area contributed by atoms with Crippen LogP contribution < -0.4 is 19.5 Å².